The lowest BCUT2D eigenvalue weighted by molar-refractivity contribution is -0.113. The van der Waals surface area contributed by atoms with Gasteiger partial charge in [-0.15, -0.1) is 11.3 Å². The van der Waals surface area contributed by atoms with Gasteiger partial charge >= 0.3 is 0 Å². The SMILES string of the molecule is Cc1nc(NC(=O)CSc2nc3cc(Cl)ccc3o2)sc1C. The third-order valence-corrected chi connectivity index (χ3v) is 4.98. The Balaban J connectivity index is 1.62. The molecule has 2 heterocycles. The summed E-state index contributed by atoms with van der Waals surface area (Å²) in [5, 5.41) is 4.43. The van der Waals surface area contributed by atoms with Gasteiger partial charge in [0.2, 0.25) is 5.91 Å². The minimum atomic E-state index is -0.140. The number of rotatable bonds is 4. The summed E-state index contributed by atoms with van der Waals surface area (Å²) in [5.74, 6) is 0.0668. The van der Waals surface area contributed by atoms with E-state index in [1.807, 2.05) is 13.8 Å². The van der Waals surface area contributed by atoms with Crippen molar-refractivity contribution in [2.45, 2.75) is 19.1 Å². The molecule has 0 radical (unpaired) electrons. The Bertz CT molecular complexity index is 824. The van der Waals surface area contributed by atoms with Gasteiger partial charge in [0.25, 0.3) is 5.22 Å². The van der Waals surface area contributed by atoms with Crippen LogP contribution in [0.3, 0.4) is 0 Å². The van der Waals surface area contributed by atoms with Gasteiger partial charge in [-0.3, -0.25) is 4.79 Å². The number of nitrogens with one attached hydrogen (secondary N) is 1. The van der Waals surface area contributed by atoms with E-state index in [2.05, 4.69) is 15.3 Å². The van der Waals surface area contributed by atoms with Crippen molar-refractivity contribution in [1.29, 1.82) is 0 Å². The van der Waals surface area contributed by atoms with Gasteiger partial charge in [-0.05, 0) is 32.0 Å². The summed E-state index contributed by atoms with van der Waals surface area (Å²) in [6.07, 6.45) is 0. The van der Waals surface area contributed by atoms with Crippen LogP contribution in [0.4, 0.5) is 5.13 Å². The molecule has 0 aliphatic rings. The first-order chi connectivity index (χ1) is 10.5. The second-order valence-electron chi connectivity index (χ2n) is 4.59. The van der Waals surface area contributed by atoms with Gasteiger partial charge in [-0.1, -0.05) is 23.4 Å². The number of benzene rings is 1. The fraction of sp³-hybridized carbons (Fsp3) is 0.214. The Morgan fingerprint density at radius 1 is 1.41 bits per heavy atom. The maximum absolute atomic E-state index is 11.9. The van der Waals surface area contributed by atoms with E-state index >= 15 is 0 Å². The number of aryl methyl sites for hydroxylation is 2. The first-order valence-electron chi connectivity index (χ1n) is 6.44. The van der Waals surface area contributed by atoms with Crippen LogP contribution in [0.5, 0.6) is 0 Å². The lowest BCUT2D eigenvalue weighted by Crippen LogP contribution is -2.13. The number of halogens is 1. The highest BCUT2D eigenvalue weighted by Crippen LogP contribution is 2.26. The summed E-state index contributed by atoms with van der Waals surface area (Å²) in [6, 6.07) is 5.23. The van der Waals surface area contributed by atoms with E-state index in [4.69, 9.17) is 16.0 Å². The molecule has 1 amide bonds. The molecule has 0 fully saturated rings. The summed E-state index contributed by atoms with van der Waals surface area (Å²) < 4.78 is 5.55. The number of amides is 1. The van der Waals surface area contributed by atoms with Crippen molar-refractivity contribution in [2.75, 3.05) is 11.1 Å². The highest BCUT2D eigenvalue weighted by atomic mass is 35.5. The second kappa shape index (κ2) is 6.28. The number of aromatic nitrogens is 2. The Hall–Kier alpha value is -1.57. The van der Waals surface area contributed by atoms with Crippen molar-refractivity contribution < 1.29 is 9.21 Å². The van der Waals surface area contributed by atoms with Gasteiger partial charge in [0, 0.05) is 9.90 Å². The number of thiazole rings is 1. The van der Waals surface area contributed by atoms with Crippen LogP contribution in [0.15, 0.2) is 27.8 Å². The molecule has 8 heteroatoms. The van der Waals surface area contributed by atoms with Gasteiger partial charge < -0.3 is 9.73 Å². The zero-order valence-electron chi connectivity index (χ0n) is 11.8. The van der Waals surface area contributed by atoms with Gasteiger partial charge in [-0.2, -0.15) is 0 Å². The number of oxazole rings is 1. The van der Waals surface area contributed by atoms with Gasteiger partial charge in [0.1, 0.15) is 5.52 Å². The van der Waals surface area contributed by atoms with E-state index in [9.17, 15) is 4.79 Å². The topological polar surface area (TPSA) is 68.0 Å². The van der Waals surface area contributed by atoms with Crippen LogP contribution in [0.1, 0.15) is 10.6 Å². The van der Waals surface area contributed by atoms with Gasteiger partial charge in [0.15, 0.2) is 10.7 Å². The molecule has 0 saturated heterocycles. The number of fused-ring (bicyclic) bond motifs is 1. The lowest BCUT2D eigenvalue weighted by Gasteiger charge is -1.98. The van der Waals surface area contributed by atoms with E-state index in [0.717, 1.165) is 10.6 Å². The van der Waals surface area contributed by atoms with Crippen LogP contribution in [0, 0.1) is 13.8 Å². The largest absolute Gasteiger partial charge is 0.431 e. The van der Waals surface area contributed by atoms with Crippen molar-refractivity contribution >= 4 is 56.8 Å². The monoisotopic (exact) mass is 353 g/mol. The number of thioether (sulfide) groups is 1. The molecule has 1 aromatic carbocycles. The average Bonchev–Trinajstić information content (AvgIpc) is 2.99. The summed E-state index contributed by atoms with van der Waals surface area (Å²) in [4.78, 5) is 21.6. The third-order valence-electron chi connectivity index (χ3n) is 2.93. The Labute approximate surface area is 140 Å². The standard InChI is InChI=1S/C14H12ClN3O2S2/c1-7-8(2)22-13(16-7)18-12(19)6-21-14-17-10-5-9(15)3-4-11(10)20-14/h3-5H,6H2,1-2H3,(H,16,18,19). The first kappa shape index (κ1) is 15.3. The molecule has 0 aliphatic heterocycles. The quantitative estimate of drug-likeness (QED) is 0.709. The molecule has 0 aliphatic carbocycles. The maximum atomic E-state index is 11.9. The molecule has 1 N–H and O–H groups in total. The van der Waals surface area contributed by atoms with Crippen molar-refractivity contribution in [1.82, 2.24) is 9.97 Å². The smallest absolute Gasteiger partial charge is 0.257 e. The van der Waals surface area contributed by atoms with Crippen LogP contribution in [0.25, 0.3) is 11.1 Å². The van der Waals surface area contributed by atoms with E-state index in [0.29, 0.717) is 26.5 Å². The van der Waals surface area contributed by atoms with Crippen LogP contribution in [-0.4, -0.2) is 21.6 Å². The number of anilines is 1. The zero-order chi connectivity index (χ0) is 15.7. The zero-order valence-corrected chi connectivity index (χ0v) is 14.2. The molecule has 0 atom stereocenters. The highest BCUT2D eigenvalue weighted by Gasteiger charge is 2.12. The molecular formula is C14H12ClN3O2S2. The number of hydrogen-bond acceptors (Lipinski definition) is 6. The molecular weight excluding hydrogens is 342 g/mol. The molecule has 2 aromatic heterocycles. The highest BCUT2D eigenvalue weighted by molar-refractivity contribution is 7.99. The molecule has 0 spiro atoms. The molecule has 0 saturated carbocycles. The Morgan fingerprint density at radius 2 is 2.23 bits per heavy atom. The van der Waals surface area contributed by atoms with Crippen LogP contribution >= 0.6 is 34.7 Å². The molecule has 5 nitrogen and oxygen atoms in total. The minimum Gasteiger partial charge on any atom is -0.431 e. The predicted molar refractivity (Wildman–Crippen MR) is 90.0 cm³/mol. The van der Waals surface area contributed by atoms with Crippen molar-refractivity contribution in [3.8, 4) is 0 Å². The second-order valence-corrected chi connectivity index (χ2v) is 7.16. The molecule has 22 heavy (non-hydrogen) atoms. The van der Waals surface area contributed by atoms with Gasteiger partial charge in [-0.25, -0.2) is 9.97 Å². The van der Waals surface area contributed by atoms with E-state index in [1.54, 1.807) is 18.2 Å². The molecule has 0 bridgehead atoms. The number of hydrogen-bond donors (Lipinski definition) is 1. The van der Waals surface area contributed by atoms with Crippen molar-refractivity contribution in [2.24, 2.45) is 0 Å². The number of carbonyl (C=O) groups excluding carboxylic acids is 1. The Kier molecular flexibility index (Phi) is 4.37. The Morgan fingerprint density at radius 3 is 2.95 bits per heavy atom. The minimum absolute atomic E-state index is 0.140. The predicted octanol–water partition coefficient (Wildman–Crippen LogP) is 4.29. The summed E-state index contributed by atoms with van der Waals surface area (Å²) in [5.41, 5.74) is 2.27. The summed E-state index contributed by atoms with van der Waals surface area (Å²) >= 11 is 8.60. The normalized spacial score (nSPS) is 11.0. The molecule has 114 valence electrons. The van der Waals surface area contributed by atoms with E-state index in [1.165, 1.54) is 23.1 Å². The van der Waals surface area contributed by atoms with Gasteiger partial charge in [0.05, 0.1) is 11.4 Å². The number of nitrogens with zero attached hydrogens (tertiary/aromatic N) is 2. The fourth-order valence-electron chi connectivity index (χ4n) is 1.75. The molecule has 3 aromatic rings. The van der Waals surface area contributed by atoms with Crippen LogP contribution in [0.2, 0.25) is 5.02 Å². The van der Waals surface area contributed by atoms with Crippen molar-refractivity contribution in [3.63, 3.8) is 0 Å². The van der Waals surface area contributed by atoms with Crippen LogP contribution < -0.4 is 5.32 Å². The molecule has 0 unspecified atom stereocenters. The maximum Gasteiger partial charge on any atom is 0.257 e. The summed E-state index contributed by atoms with van der Waals surface area (Å²) in [6.45, 7) is 3.89. The summed E-state index contributed by atoms with van der Waals surface area (Å²) in [7, 11) is 0. The lowest BCUT2D eigenvalue weighted by atomic mass is 10.3. The third kappa shape index (κ3) is 3.43. The number of carbonyl (C=O) groups is 1. The fourth-order valence-corrected chi connectivity index (χ4v) is 3.39. The van der Waals surface area contributed by atoms with Crippen molar-refractivity contribution in [3.05, 3.63) is 33.8 Å². The molecule has 3 rings (SSSR count). The van der Waals surface area contributed by atoms with E-state index in [-0.39, 0.29) is 11.7 Å². The average molecular weight is 354 g/mol. The first-order valence-corrected chi connectivity index (χ1v) is 8.62. The van der Waals surface area contributed by atoms with Crippen LogP contribution in [-0.2, 0) is 4.79 Å². The van der Waals surface area contributed by atoms with E-state index < -0.39 is 0 Å².